The molecule has 0 aromatic heterocycles. The van der Waals surface area contributed by atoms with Gasteiger partial charge in [0.15, 0.2) is 6.61 Å². The van der Waals surface area contributed by atoms with Gasteiger partial charge in [0.1, 0.15) is 6.10 Å². The topological polar surface area (TPSA) is 89.6 Å². The first kappa shape index (κ1) is 8.90. The van der Waals surface area contributed by atoms with E-state index in [2.05, 4.69) is 10.5 Å². The molecule has 0 aliphatic heterocycles. The van der Waals surface area contributed by atoms with E-state index in [0.717, 1.165) is 0 Å². The van der Waals surface area contributed by atoms with Gasteiger partial charge in [-0.25, -0.2) is 4.79 Å². The number of ether oxygens (including phenoxy) is 1. The van der Waals surface area contributed by atoms with E-state index in [-0.39, 0.29) is 0 Å². The van der Waals surface area contributed by atoms with Crippen LogP contribution in [0.25, 0.3) is 0 Å². The molecule has 0 aliphatic rings. The summed E-state index contributed by atoms with van der Waals surface area (Å²) in [6.45, 7) is 0.757. The van der Waals surface area contributed by atoms with Gasteiger partial charge in [-0.1, -0.05) is 0 Å². The second-order valence-corrected chi connectivity index (χ2v) is 1.75. The first-order valence-electron chi connectivity index (χ1n) is 2.67. The largest absolute Gasteiger partial charge is 0.454 e. The van der Waals surface area contributed by atoms with Crippen molar-refractivity contribution < 1.29 is 19.4 Å². The van der Waals surface area contributed by atoms with Crippen LogP contribution in [0.4, 0.5) is 0 Å². The number of aliphatic hydroxyl groups excluding tert-OH is 1. The Morgan fingerprint density at radius 1 is 1.70 bits per heavy atom. The van der Waals surface area contributed by atoms with E-state index < -0.39 is 24.6 Å². The molecular formula is C5H9NO4. The number of nitrogens with two attached hydrogens (primary N) is 1. The number of primary amides is 1. The first-order chi connectivity index (χ1) is 4.54. The standard InChI is InChI=1S/C5H9NO4/c1-3(7)5(9)10-2-4(6)8/h3,7H,2H2,1H3,(H2,6,8). The first-order valence-corrected chi connectivity index (χ1v) is 2.67. The lowest BCUT2D eigenvalue weighted by Crippen LogP contribution is -2.26. The van der Waals surface area contributed by atoms with E-state index in [1.807, 2.05) is 0 Å². The Morgan fingerprint density at radius 3 is 2.50 bits per heavy atom. The molecule has 0 saturated carbocycles. The van der Waals surface area contributed by atoms with E-state index in [1.54, 1.807) is 0 Å². The Labute approximate surface area is 57.8 Å². The van der Waals surface area contributed by atoms with E-state index in [9.17, 15) is 9.59 Å². The van der Waals surface area contributed by atoms with Gasteiger partial charge in [-0.3, -0.25) is 4.79 Å². The number of carbonyl (C=O) groups is 2. The van der Waals surface area contributed by atoms with Crippen molar-refractivity contribution in [3.8, 4) is 0 Å². The third kappa shape index (κ3) is 3.85. The van der Waals surface area contributed by atoms with Crippen LogP contribution in [0.15, 0.2) is 0 Å². The molecule has 58 valence electrons. The SMILES string of the molecule is CC(O)C(=O)OCC(N)=O. The summed E-state index contributed by atoms with van der Waals surface area (Å²) >= 11 is 0. The van der Waals surface area contributed by atoms with Gasteiger partial charge in [0.2, 0.25) is 0 Å². The predicted molar refractivity (Wildman–Crippen MR) is 31.8 cm³/mol. The highest BCUT2D eigenvalue weighted by atomic mass is 16.5. The van der Waals surface area contributed by atoms with Crippen LogP contribution < -0.4 is 5.73 Å². The molecule has 0 bridgehead atoms. The lowest BCUT2D eigenvalue weighted by Gasteiger charge is -2.02. The summed E-state index contributed by atoms with van der Waals surface area (Å²) in [6, 6.07) is 0. The van der Waals surface area contributed by atoms with E-state index >= 15 is 0 Å². The predicted octanol–water partition coefficient (Wildman–Crippen LogP) is -1.60. The van der Waals surface area contributed by atoms with Crippen LogP contribution in [0, 0.1) is 0 Å². The monoisotopic (exact) mass is 147 g/mol. The highest BCUT2D eigenvalue weighted by Crippen LogP contribution is 1.84. The molecule has 0 fully saturated rings. The van der Waals surface area contributed by atoms with Gasteiger partial charge in [0.25, 0.3) is 5.91 Å². The lowest BCUT2D eigenvalue weighted by molar-refractivity contribution is -0.155. The minimum Gasteiger partial charge on any atom is -0.454 e. The van der Waals surface area contributed by atoms with Crippen LogP contribution in [0.5, 0.6) is 0 Å². The quantitative estimate of drug-likeness (QED) is 0.470. The van der Waals surface area contributed by atoms with Gasteiger partial charge in [0, 0.05) is 0 Å². The molecule has 0 aromatic rings. The van der Waals surface area contributed by atoms with Crippen LogP contribution >= 0.6 is 0 Å². The van der Waals surface area contributed by atoms with Gasteiger partial charge >= 0.3 is 5.97 Å². The zero-order valence-electron chi connectivity index (χ0n) is 5.53. The fraction of sp³-hybridized carbons (Fsp3) is 0.600. The fourth-order valence-electron chi connectivity index (χ4n) is 0.263. The van der Waals surface area contributed by atoms with Crippen molar-refractivity contribution in [3.05, 3.63) is 0 Å². The van der Waals surface area contributed by atoms with Crippen LogP contribution in [-0.4, -0.2) is 29.7 Å². The maximum absolute atomic E-state index is 10.4. The zero-order valence-corrected chi connectivity index (χ0v) is 5.53. The van der Waals surface area contributed by atoms with Crippen LogP contribution in [-0.2, 0) is 14.3 Å². The van der Waals surface area contributed by atoms with E-state index in [0.29, 0.717) is 0 Å². The number of hydrogen-bond donors (Lipinski definition) is 2. The number of hydrogen-bond acceptors (Lipinski definition) is 4. The number of amides is 1. The summed E-state index contributed by atoms with van der Waals surface area (Å²) < 4.78 is 4.20. The van der Waals surface area contributed by atoms with Crippen LogP contribution in [0.2, 0.25) is 0 Å². The molecule has 0 rings (SSSR count). The molecule has 0 heterocycles. The van der Waals surface area contributed by atoms with Crippen molar-refractivity contribution in [1.82, 2.24) is 0 Å². The Kier molecular flexibility index (Phi) is 3.42. The second-order valence-electron chi connectivity index (χ2n) is 1.75. The number of aliphatic hydroxyl groups is 1. The minimum absolute atomic E-state index is 0.482. The summed E-state index contributed by atoms with van der Waals surface area (Å²) in [5.41, 5.74) is 4.64. The molecule has 0 spiro atoms. The second kappa shape index (κ2) is 3.84. The molecule has 0 aromatic carbocycles. The summed E-state index contributed by atoms with van der Waals surface area (Å²) in [6.07, 6.45) is -1.21. The molecule has 5 nitrogen and oxygen atoms in total. The van der Waals surface area contributed by atoms with Gasteiger partial charge < -0.3 is 15.6 Å². The van der Waals surface area contributed by atoms with E-state index in [1.165, 1.54) is 6.92 Å². The lowest BCUT2D eigenvalue weighted by atomic mass is 10.4. The van der Waals surface area contributed by atoms with Gasteiger partial charge in [-0.15, -0.1) is 0 Å². The van der Waals surface area contributed by atoms with Crippen molar-refractivity contribution in [1.29, 1.82) is 0 Å². The van der Waals surface area contributed by atoms with Gasteiger partial charge in [-0.05, 0) is 6.92 Å². The summed E-state index contributed by atoms with van der Waals surface area (Å²) in [4.78, 5) is 20.4. The van der Waals surface area contributed by atoms with Crippen LogP contribution in [0.3, 0.4) is 0 Å². The van der Waals surface area contributed by atoms with E-state index in [4.69, 9.17) is 5.11 Å². The maximum Gasteiger partial charge on any atom is 0.335 e. The smallest absolute Gasteiger partial charge is 0.335 e. The third-order valence-corrected chi connectivity index (χ3v) is 0.698. The van der Waals surface area contributed by atoms with Crippen molar-refractivity contribution in [3.63, 3.8) is 0 Å². The van der Waals surface area contributed by atoms with Crippen molar-refractivity contribution >= 4 is 11.9 Å². The van der Waals surface area contributed by atoms with Crippen LogP contribution in [0.1, 0.15) is 6.92 Å². The number of esters is 1. The van der Waals surface area contributed by atoms with Gasteiger partial charge in [0.05, 0.1) is 0 Å². The average Bonchev–Trinajstić information content (AvgIpc) is 1.82. The molecule has 1 unspecified atom stereocenters. The molecular weight excluding hydrogens is 138 g/mol. The zero-order chi connectivity index (χ0) is 8.15. The normalized spacial score (nSPS) is 12.2. The molecule has 1 atom stereocenters. The molecule has 0 aliphatic carbocycles. The molecule has 3 N–H and O–H groups in total. The Bertz CT molecular complexity index is 143. The van der Waals surface area contributed by atoms with Crippen molar-refractivity contribution in [2.24, 2.45) is 5.73 Å². The Hall–Kier alpha value is -1.10. The fourth-order valence-corrected chi connectivity index (χ4v) is 0.263. The minimum atomic E-state index is -1.21. The molecule has 0 radical (unpaired) electrons. The average molecular weight is 147 g/mol. The summed E-state index contributed by atoms with van der Waals surface area (Å²) in [7, 11) is 0. The summed E-state index contributed by atoms with van der Waals surface area (Å²) in [5, 5.41) is 8.51. The van der Waals surface area contributed by atoms with Crippen molar-refractivity contribution in [2.75, 3.05) is 6.61 Å². The van der Waals surface area contributed by atoms with Crippen molar-refractivity contribution in [2.45, 2.75) is 13.0 Å². The Balaban J connectivity index is 3.50. The highest BCUT2D eigenvalue weighted by molar-refractivity contribution is 5.80. The number of rotatable bonds is 3. The third-order valence-electron chi connectivity index (χ3n) is 0.698. The summed E-state index contributed by atoms with van der Waals surface area (Å²) in [5.74, 6) is -1.59. The number of carbonyl (C=O) groups excluding carboxylic acids is 2. The molecule has 5 heteroatoms. The maximum atomic E-state index is 10.4. The molecule has 10 heavy (non-hydrogen) atoms. The molecule has 0 saturated heterocycles. The Morgan fingerprint density at radius 2 is 2.20 bits per heavy atom. The van der Waals surface area contributed by atoms with Gasteiger partial charge in [-0.2, -0.15) is 0 Å². The highest BCUT2D eigenvalue weighted by Gasteiger charge is 2.10. The molecule has 1 amide bonds.